The Bertz CT molecular complexity index is 980. The predicted octanol–water partition coefficient (Wildman–Crippen LogP) is 2.58. The second kappa shape index (κ2) is 5.44. The summed E-state index contributed by atoms with van der Waals surface area (Å²) in [7, 11) is 1.35. The number of hydrogen-bond acceptors (Lipinski definition) is 4. The van der Waals surface area contributed by atoms with Crippen LogP contribution >= 0.6 is 0 Å². The van der Waals surface area contributed by atoms with Gasteiger partial charge in [0, 0.05) is 29.7 Å². The zero-order valence-electron chi connectivity index (χ0n) is 15.6. The van der Waals surface area contributed by atoms with Gasteiger partial charge in [-0.1, -0.05) is 24.3 Å². The van der Waals surface area contributed by atoms with E-state index in [1.807, 2.05) is 31.2 Å². The zero-order valence-corrected chi connectivity index (χ0v) is 15.6. The number of quaternary nitrogens is 1. The SMILES string of the molecule is C/C=C1/C[N+]2([O-])[C@H]3CC1C(CO)(C(=O)OC)[C@@H]2Cc1c3[nH]c2ccccc12. The summed E-state index contributed by atoms with van der Waals surface area (Å²) in [6, 6.07) is 7.29. The Morgan fingerprint density at radius 1 is 1.48 bits per heavy atom. The van der Waals surface area contributed by atoms with Crippen LogP contribution in [-0.4, -0.2) is 47.0 Å². The van der Waals surface area contributed by atoms with Crippen LogP contribution in [0.1, 0.15) is 30.6 Å². The molecule has 4 aliphatic heterocycles. The van der Waals surface area contributed by atoms with E-state index >= 15 is 0 Å². The molecule has 2 N–H and O–H groups in total. The first-order chi connectivity index (χ1) is 13.0. The topological polar surface area (TPSA) is 85.4 Å². The van der Waals surface area contributed by atoms with Gasteiger partial charge in [0.05, 0.1) is 19.4 Å². The molecule has 0 radical (unpaired) electrons. The molecule has 3 unspecified atom stereocenters. The van der Waals surface area contributed by atoms with Gasteiger partial charge in [-0.25, -0.2) is 0 Å². The number of aliphatic hydroxyl groups is 1. The fraction of sp³-hybridized carbons (Fsp3) is 0.476. The van der Waals surface area contributed by atoms with Crippen molar-refractivity contribution in [2.75, 3.05) is 20.3 Å². The van der Waals surface area contributed by atoms with Crippen LogP contribution in [0, 0.1) is 16.5 Å². The number of aliphatic hydroxyl groups excluding tert-OH is 1. The lowest BCUT2D eigenvalue weighted by atomic mass is 9.54. The van der Waals surface area contributed by atoms with E-state index in [1.54, 1.807) is 0 Å². The fourth-order valence-corrected chi connectivity index (χ4v) is 6.18. The summed E-state index contributed by atoms with van der Waals surface area (Å²) in [5, 5.41) is 25.8. The molecule has 5 heterocycles. The number of H-pyrrole nitrogens is 1. The summed E-state index contributed by atoms with van der Waals surface area (Å²) >= 11 is 0. The number of hydrogen-bond donors (Lipinski definition) is 2. The molecular weight excluding hydrogens is 344 g/mol. The number of benzene rings is 1. The molecule has 6 nitrogen and oxygen atoms in total. The Kier molecular flexibility index (Phi) is 3.42. The molecule has 0 amide bonds. The number of nitrogens with one attached hydrogen (secondary N) is 1. The molecule has 2 aromatic rings. The molecule has 5 atom stereocenters. The summed E-state index contributed by atoms with van der Waals surface area (Å²) in [4.78, 5) is 16.5. The number of carbonyl (C=O) groups is 1. The summed E-state index contributed by atoms with van der Waals surface area (Å²) in [5.74, 6) is -0.623. The molecule has 4 bridgehead atoms. The highest BCUT2D eigenvalue weighted by atomic mass is 16.6. The zero-order chi connectivity index (χ0) is 19.0. The highest BCUT2D eigenvalue weighted by Crippen LogP contribution is 2.63. The van der Waals surface area contributed by atoms with Crippen LogP contribution in [0.15, 0.2) is 35.9 Å². The van der Waals surface area contributed by atoms with Crippen molar-refractivity contribution in [1.82, 2.24) is 4.98 Å². The van der Waals surface area contributed by atoms with E-state index in [-0.39, 0.29) is 18.6 Å². The summed E-state index contributed by atoms with van der Waals surface area (Å²) in [6.45, 7) is 1.93. The van der Waals surface area contributed by atoms with Gasteiger partial charge in [-0.15, -0.1) is 0 Å². The predicted molar refractivity (Wildman–Crippen MR) is 100 cm³/mol. The number of hydroxylamine groups is 3. The number of fused-ring (bicyclic) bond motifs is 4. The number of ether oxygens (including phenoxy) is 1. The average Bonchev–Trinajstić information content (AvgIpc) is 3.05. The van der Waals surface area contributed by atoms with Crippen molar-refractivity contribution in [3.63, 3.8) is 0 Å². The number of aromatic nitrogens is 1. The van der Waals surface area contributed by atoms with E-state index in [0.29, 0.717) is 19.4 Å². The molecule has 0 aliphatic carbocycles. The summed E-state index contributed by atoms with van der Waals surface area (Å²) < 4.78 is 4.66. The quantitative estimate of drug-likeness (QED) is 0.369. The van der Waals surface area contributed by atoms with Crippen LogP contribution in [0.2, 0.25) is 0 Å². The van der Waals surface area contributed by atoms with Crippen molar-refractivity contribution in [3.8, 4) is 0 Å². The Labute approximate surface area is 157 Å². The largest absolute Gasteiger partial charge is 0.632 e. The van der Waals surface area contributed by atoms with Crippen LogP contribution in [0.5, 0.6) is 0 Å². The maximum absolute atomic E-state index is 14.2. The van der Waals surface area contributed by atoms with Crippen LogP contribution in [-0.2, 0) is 16.0 Å². The highest BCUT2D eigenvalue weighted by Gasteiger charge is 2.70. The van der Waals surface area contributed by atoms with Gasteiger partial charge in [0.1, 0.15) is 24.0 Å². The molecule has 0 spiro atoms. The second-order valence-corrected chi connectivity index (χ2v) is 8.15. The Balaban J connectivity index is 1.78. The van der Waals surface area contributed by atoms with Crippen molar-refractivity contribution < 1.29 is 19.3 Å². The smallest absolute Gasteiger partial charge is 0.320 e. The van der Waals surface area contributed by atoms with Crippen LogP contribution in [0.25, 0.3) is 10.9 Å². The highest BCUT2D eigenvalue weighted by molar-refractivity contribution is 5.86. The molecule has 3 saturated heterocycles. The summed E-state index contributed by atoms with van der Waals surface area (Å²) in [5.41, 5.74) is 2.95. The van der Waals surface area contributed by atoms with Gasteiger partial charge in [0.15, 0.2) is 0 Å². The summed E-state index contributed by atoms with van der Waals surface area (Å²) in [6.07, 6.45) is 2.97. The molecule has 1 aromatic carbocycles. The number of methoxy groups -OCH3 is 1. The molecule has 142 valence electrons. The van der Waals surface area contributed by atoms with Gasteiger partial charge >= 0.3 is 5.97 Å². The number of para-hydroxylation sites is 1. The van der Waals surface area contributed by atoms with Crippen molar-refractivity contribution in [2.24, 2.45) is 11.3 Å². The number of aromatic amines is 1. The third-order valence-electron chi connectivity index (χ3n) is 7.38. The maximum atomic E-state index is 14.2. The van der Waals surface area contributed by atoms with Crippen molar-refractivity contribution in [3.05, 3.63) is 52.4 Å². The van der Waals surface area contributed by atoms with Crippen LogP contribution < -0.4 is 0 Å². The van der Waals surface area contributed by atoms with Gasteiger partial charge in [-0.3, -0.25) is 4.79 Å². The first kappa shape index (κ1) is 17.0. The Morgan fingerprint density at radius 3 is 2.96 bits per heavy atom. The minimum Gasteiger partial charge on any atom is -0.632 e. The van der Waals surface area contributed by atoms with Crippen LogP contribution in [0.3, 0.4) is 0 Å². The number of allylic oxidation sites excluding steroid dienone is 1. The van der Waals surface area contributed by atoms with Crippen molar-refractivity contribution >= 4 is 16.9 Å². The van der Waals surface area contributed by atoms with Gasteiger partial charge in [-0.2, -0.15) is 0 Å². The normalized spacial score (nSPS) is 38.2. The minimum absolute atomic E-state index is 0.163. The fourth-order valence-electron chi connectivity index (χ4n) is 6.18. The number of esters is 1. The van der Waals surface area contributed by atoms with Gasteiger partial charge < -0.3 is 24.7 Å². The van der Waals surface area contributed by atoms with Crippen LogP contribution in [0.4, 0.5) is 0 Å². The molecule has 27 heavy (non-hydrogen) atoms. The third-order valence-corrected chi connectivity index (χ3v) is 7.38. The lowest BCUT2D eigenvalue weighted by molar-refractivity contribution is -0.955. The average molecular weight is 368 g/mol. The molecule has 6 heteroatoms. The molecular formula is C21H24N2O4. The molecule has 3 fully saturated rings. The standard InChI is InChI=1S/C21H24N2O4/c1-3-12-10-23(26)17-9-15(12)21(11-24,20(25)27-2)18(23)8-14-13-6-4-5-7-16(13)22-19(14)17/h3-7,15,17-18,22,24H,8-11H2,1-2H3/b12-3-/t15?,17-,18-,21?,23?/m0/s1. The van der Waals surface area contributed by atoms with E-state index < -0.39 is 22.1 Å². The van der Waals surface area contributed by atoms with Crippen molar-refractivity contribution in [1.29, 1.82) is 0 Å². The molecule has 1 aromatic heterocycles. The van der Waals surface area contributed by atoms with Gasteiger partial charge in [0.2, 0.25) is 0 Å². The van der Waals surface area contributed by atoms with E-state index in [2.05, 4.69) is 11.1 Å². The Morgan fingerprint density at radius 2 is 2.26 bits per heavy atom. The second-order valence-electron chi connectivity index (χ2n) is 8.15. The lowest BCUT2D eigenvalue weighted by Gasteiger charge is -2.69. The Hall–Kier alpha value is -2.15. The van der Waals surface area contributed by atoms with Gasteiger partial charge in [0.25, 0.3) is 0 Å². The van der Waals surface area contributed by atoms with E-state index in [0.717, 1.165) is 27.7 Å². The molecule has 6 rings (SSSR count). The first-order valence-corrected chi connectivity index (χ1v) is 9.53. The maximum Gasteiger partial charge on any atom is 0.320 e. The monoisotopic (exact) mass is 368 g/mol. The van der Waals surface area contributed by atoms with E-state index in [1.165, 1.54) is 7.11 Å². The minimum atomic E-state index is -1.18. The van der Waals surface area contributed by atoms with Gasteiger partial charge in [-0.05, 0) is 24.1 Å². The van der Waals surface area contributed by atoms with E-state index in [9.17, 15) is 15.1 Å². The number of carbonyl (C=O) groups excluding carboxylic acids is 1. The number of nitrogens with zero attached hydrogens (tertiary/aromatic N) is 1. The van der Waals surface area contributed by atoms with E-state index in [4.69, 9.17) is 4.74 Å². The van der Waals surface area contributed by atoms with Crippen molar-refractivity contribution in [2.45, 2.75) is 31.8 Å². The lowest BCUT2D eigenvalue weighted by Crippen LogP contribution is -2.76. The third kappa shape index (κ3) is 1.83. The number of piperidine rings is 3. The molecule has 0 saturated carbocycles. The molecule has 4 aliphatic rings. The first-order valence-electron chi connectivity index (χ1n) is 9.53. The number of rotatable bonds is 2.